The Bertz CT molecular complexity index is 534. The maximum Gasteiger partial charge on any atom is 0.433 e. The third kappa shape index (κ3) is 2.88. The summed E-state index contributed by atoms with van der Waals surface area (Å²) in [7, 11) is 0. The van der Waals surface area contributed by atoms with E-state index in [1.165, 1.54) is 6.20 Å². The van der Waals surface area contributed by atoms with Crippen LogP contribution in [0.25, 0.3) is 0 Å². The first-order valence-electron chi connectivity index (χ1n) is 5.39. The molecule has 0 aliphatic rings. The number of rotatable bonds is 3. The number of halogens is 3. The molecule has 0 aliphatic carbocycles. The molecule has 2 aromatic rings. The van der Waals surface area contributed by atoms with Crippen molar-refractivity contribution in [3.63, 3.8) is 0 Å². The SMILES string of the molecule is Cc1oncc1CCc1ccnc(C(F)(F)F)c1. The van der Waals surface area contributed by atoms with E-state index in [4.69, 9.17) is 4.52 Å². The van der Waals surface area contributed by atoms with Gasteiger partial charge in [0.15, 0.2) is 0 Å². The van der Waals surface area contributed by atoms with Crippen molar-refractivity contribution in [3.05, 3.63) is 47.1 Å². The molecule has 0 N–H and O–H groups in total. The van der Waals surface area contributed by atoms with Gasteiger partial charge in [-0.15, -0.1) is 0 Å². The Morgan fingerprint density at radius 3 is 2.67 bits per heavy atom. The van der Waals surface area contributed by atoms with Gasteiger partial charge in [0.2, 0.25) is 0 Å². The summed E-state index contributed by atoms with van der Waals surface area (Å²) in [6.07, 6.45) is -0.548. The second kappa shape index (κ2) is 4.80. The molecule has 2 heterocycles. The highest BCUT2D eigenvalue weighted by atomic mass is 19.4. The Kier molecular flexibility index (Phi) is 3.36. The van der Waals surface area contributed by atoms with Crippen LogP contribution in [0.4, 0.5) is 13.2 Å². The number of hydrogen-bond acceptors (Lipinski definition) is 3. The van der Waals surface area contributed by atoms with Gasteiger partial charge in [0.1, 0.15) is 11.5 Å². The minimum Gasteiger partial charge on any atom is -0.361 e. The summed E-state index contributed by atoms with van der Waals surface area (Å²) < 4.78 is 42.3. The summed E-state index contributed by atoms with van der Waals surface area (Å²) in [5, 5.41) is 3.62. The summed E-state index contributed by atoms with van der Waals surface area (Å²) in [6, 6.07) is 2.65. The molecule has 6 heteroatoms. The molecule has 2 aromatic heterocycles. The lowest BCUT2D eigenvalue weighted by Crippen LogP contribution is -2.08. The average Bonchev–Trinajstić information content (AvgIpc) is 2.72. The summed E-state index contributed by atoms with van der Waals surface area (Å²) in [4.78, 5) is 3.32. The van der Waals surface area contributed by atoms with Crippen molar-refractivity contribution in [1.82, 2.24) is 10.1 Å². The molecule has 18 heavy (non-hydrogen) atoms. The first kappa shape index (κ1) is 12.6. The van der Waals surface area contributed by atoms with E-state index in [1.807, 2.05) is 0 Å². The molecule has 0 saturated carbocycles. The van der Waals surface area contributed by atoms with E-state index in [0.717, 1.165) is 11.6 Å². The van der Waals surface area contributed by atoms with Crippen molar-refractivity contribution >= 4 is 0 Å². The molecule has 0 radical (unpaired) electrons. The number of aryl methyl sites for hydroxylation is 3. The second-order valence-corrected chi connectivity index (χ2v) is 3.95. The van der Waals surface area contributed by atoms with Gasteiger partial charge >= 0.3 is 6.18 Å². The zero-order valence-electron chi connectivity index (χ0n) is 9.66. The zero-order chi connectivity index (χ0) is 13.2. The zero-order valence-corrected chi connectivity index (χ0v) is 9.66. The molecule has 0 aromatic carbocycles. The molecule has 96 valence electrons. The maximum atomic E-state index is 12.5. The van der Waals surface area contributed by atoms with Crippen LogP contribution in [-0.4, -0.2) is 10.1 Å². The van der Waals surface area contributed by atoms with Crippen LogP contribution in [0.3, 0.4) is 0 Å². The van der Waals surface area contributed by atoms with Crippen LogP contribution in [0.2, 0.25) is 0 Å². The molecular weight excluding hydrogens is 245 g/mol. The summed E-state index contributed by atoms with van der Waals surface area (Å²) in [5.41, 5.74) is 0.639. The lowest BCUT2D eigenvalue weighted by molar-refractivity contribution is -0.141. The molecule has 3 nitrogen and oxygen atoms in total. The first-order valence-corrected chi connectivity index (χ1v) is 5.39. The Hall–Kier alpha value is -1.85. The van der Waals surface area contributed by atoms with E-state index >= 15 is 0 Å². The van der Waals surface area contributed by atoms with Gasteiger partial charge in [-0.05, 0) is 37.5 Å². The van der Waals surface area contributed by atoms with Crippen molar-refractivity contribution < 1.29 is 17.7 Å². The first-order chi connectivity index (χ1) is 8.47. The maximum absolute atomic E-state index is 12.5. The van der Waals surface area contributed by atoms with E-state index in [0.29, 0.717) is 24.2 Å². The van der Waals surface area contributed by atoms with E-state index in [2.05, 4.69) is 10.1 Å². The van der Waals surface area contributed by atoms with Gasteiger partial charge in [-0.2, -0.15) is 13.2 Å². The fraction of sp³-hybridized carbons (Fsp3) is 0.333. The largest absolute Gasteiger partial charge is 0.433 e. The van der Waals surface area contributed by atoms with Crippen LogP contribution in [0.5, 0.6) is 0 Å². The Labute approximate surface area is 102 Å². The monoisotopic (exact) mass is 256 g/mol. The van der Waals surface area contributed by atoms with Crippen molar-refractivity contribution in [2.75, 3.05) is 0 Å². The topological polar surface area (TPSA) is 38.9 Å². The minimum absolute atomic E-state index is 0.494. The number of pyridine rings is 1. The van der Waals surface area contributed by atoms with Crippen LogP contribution >= 0.6 is 0 Å². The van der Waals surface area contributed by atoms with Gasteiger partial charge < -0.3 is 4.52 Å². The highest BCUT2D eigenvalue weighted by Gasteiger charge is 2.32. The van der Waals surface area contributed by atoms with E-state index < -0.39 is 11.9 Å². The molecule has 0 bridgehead atoms. The predicted molar refractivity (Wildman–Crippen MR) is 57.9 cm³/mol. The van der Waals surface area contributed by atoms with Crippen LogP contribution in [-0.2, 0) is 19.0 Å². The lowest BCUT2D eigenvalue weighted by Gasteiger charge is -2.07. The van der Waals surface area contributed by atoms with Crippen LogP contribution in [0.1, 0.15) is 22.6 Å². The van der Waals surface area contributed by atoms with Gasteiger partial charge in [-0.25, -0.2) is 0 Å². The van der Waals surface area contributed by atoms with Gasteiger partial charge in [-0.1, -0.05) is 5.16 Å². The average molecular weight is 256 g/mol. The van der Waals surface area contributed by atoms with Crippen molar-refractivity contribution in [2.24, 2.45) is 0 Å². The Morgan fingerprint density at radius 1 is 1.28 bits per heavy atom. The van der Waals surface area contributed by atoms with Gasteiger partial charge in [-0.3, -0.25) is 4.98 Å². The van der Waals surface area contributed by atoms with E-state index in [-0.39, 0.29) is 0 Å². The fourth-order valence-corrected chi connectivity index (χ4v) is 1.62. The molecule has 0 unspecified atom stereocenters. The number of nitrogens with zero attached hydrogens (tertiary/aromatic N) is 2. The molecule has 0 atom stereocenters. The third-order valence-corrected chi connectivity index (χ3v) is 2.65. The standard InChI is InChI=1S/C12H11F3N2O/c1-8-10(7-17-18-8)3-2-9-4-5-16-11(6-9)12(13,14)15/h4-7H,2-3H2,1H3. The number of alkyl halides is 3. The van der Waals surface area contributed by atoms with Crippen molar-refractivity contribution in [1.29, 1.82) is 0 Å². The van der Waals surface area contributed by atoms with Gasteiger partial charge in [0.25, 0.3) is 0 Å². The predicted octanol–water partition coefficient (Wildman–Crippen LogP) is 3.18. The Balaban J connectivity index is 2.09. The van der Waals surface area contributed by atoms with Gasteiger partial charge in [0, 0.05) is 11.8 Å². The summed E-state index contributed by atoms with van der Waals surface area (Å²) in [6.45, 7) is 1.77. The van der Waals surface area contributed by atoms with Crippen molar-refractivity contribution in [3.8, 4) is 0 Å². The Morgan fingerprint density at radius 2 is 2.06 bits per heavy atom. The number of hydrogen-bond donors (Lipinski definition) is 0. The van der Waals surface area contributed by atoms with Crippen molar-refractivity contribution in [2.45, 2.75) is 25.9 Å². The molecule has 0 spiro atoms. The van der Waals surface area contributed by atoms with Crippen LogP contribution in [0, 0.1) is 6.92 Å². The molecule has 0 aliphatic heterocycles. The summed E-state index contributed by atoms with van der Waals surface area (Å²) >= 11 is 0. The smallest absolute Gasteiger partial charge is 0.361 e. The highest BCUT2D eigenvalue weighted by molar-refractivity contribution is 5.21. The highest BCUT2D eigenvalue weighted by Crippen LogP contribution is 2.27. The van der Waals surface area contributed by atoms with Gasteiger partial charge in [0.05, 0.1) is 6.20 Å². The minimum atomic E-state index is -4.40. The molecule has 0 saturated heterocycles. The molecule has 2 rings (SSSR count). The quantitative estimate of drug-likeness (QED) is 0.846. The normalized spacial score (nSPS) is 11.8. The fourth-order valence-electron chi connectivity index (χ4n) is 1.62. The lowest BCUT2D eigenvalue weighted by atomic mass is 10.1. The van der Waals surface area contributed by atoms with Crippen LogP contribution < -0.4 is 0 Å². The molecule has 0 amide bonds. The molecule has 0 fully saturated rings. The van der Waals surface area contributed by atoms with E-state index in [1.54, 1.807) is 19.2 Å². The second-order valence-electron chi connectivity index (χ2n) is 3.95. The van der Waals surface area contributed by atoms with E-state index in [9.17, 15) is 13.2 Å². The van der Waals surface area contributed by atoms with Crippen LogP contribution in [0.15, 0.2) is 29.0 Å². The third-order valence-electron chi connectivity index (χ3n) is 2.65. The summed E-state index contributed by atoms with van der Waals surface area (Å²) in [5.74, 6) is 0.695. The molecular formula is C12H11F3N2O. The number of aromatic nitrogens is 2.